The quantitative estimate of drug-likeness (QED) is 0.734. The van der Waals surface area contributed by atoms with Crippen LogP contribution in [0.5, 0.6) is 0 Å². The van der Waals surface area contributed by atoms with E-state index < -0.39 is 12.1 Å². The number of benzene rings is 1. The van der Waals surface area contributed by atoms with Crippen LogP contribution in [0.25, 0.3) is 0 Å². The van der Waals surface area contributed by atoms with Crippen LogP contribution in [0.15, 0.2) is 24.3 Å². The first kappa shape index (κ1) is 18.4. The van der Waals surface area contributed by atoms with Crippen LogP contribution in [-0.2, 0) is 4.74 Å². The van der Waals surface area contributed by atoms with Gasteiger partial charge in [0.15, 0.2) is 0 Å². The van der Waals surface area contributed by atoms with Crippen LogP contribution in [0.1, 0.15) is 0 Å². The van der Waals surface area contributed by atoms with Crippen LogP contribution in [0.3, 0.4) is 0 Å². The molecule has 2 amide bonds. The fraction of sp³-hybridized carbons (Fsp3) is 0.588. The van der Waals surface area contributed by atoms with Gasteiger partial charge in [-0.15, -0.1) is 0 Å². The van der Waals surface area contributed by atoms with Gasteiger partial charge in [0.2, 0.25) is 0 Å². The fourth-order valence-corrected chi connectivity index (χ4v) is 3.35. The number of halogens is 1. The Hall–Kier alpha value is -1.38. The number of piperazine rings is 1. The summed E-state index contributed by atoms with van der Waals surface area (Å²) in [5.74, 6) is 0. The smallest absolute Gasteiger partial charge is 0.319 e. The van der Waals surface area contributed by atoms with E-state index in [-0.39, 0.29) is 12.1 Å². The van der Waals surface area contributed by atoms with Crippen LogP contribution in [-0.4, -0.2) is 85.6 Å². The van der Waals surface area contributed by atoms with Crippen molar-refractivity contribution >= 4 is 23.3 Å². The number of aliphatic hydroxyl groups excluding tert-OH is 1. The molecule has 3 atom stereocenters. The summed E-state index contributed by atoms with van der Waals surface area (Å²) in [7, 11) is 2.11. The van der Waals surface area contributed by atoms with Gasteiger partial charge in [-0.1, -0.05) is 17.7 Å². The maximum Gasteiger partial charge on any atom is 0.319 e. The van der Waals surface area contributed by atoms with E-state index in [2.05, 4.69) is 27.5 Å². The van der Waals surface area contributed by atoms with Gasteiger partial charge in [-0.25, -0.2) is 4.79 Å². The van der Waals surface area contributed by atoms with Crippen molar-refractivity contribution in [1.29, 1.82) is 0 Å². The summed E-state index contributed by atoms with van der Waals surface area (Å²) >= 11 is 5.90. The van der Waals surface area contributed by atoms with Crippen molar-refractivity contribution in [2.24, 2.45) is 0 Å². The van der Waals surface area contributed by atoms with Crippen LogP contribution < -0.4 is 10.6 Å². The number of rotatable bonds is 4. The van der Waals surface area contributed by atoms with E-state index in [0.717, 1.165) is 26.2 Å². The number of ether oxygens (including phenoxy) is 1. The molecule has 138 valence electrons. The van der Waals surface area contributed by atoms with Crippen LogP contribution in [0.4, 0.5) is 10.5 Å². The number of urea groups is 1. The van der Waals surface area contributed by atoms with Crippen molar-refractivity contribution in [3.63, 3.8) is 0 Å². The first-order chi connectivity index (χ1) is 12.0. The van der Waals surface area contributed by atoms with Gasteiger partial charge in [-0.2, -0.15) is 0 Å². The Morgan fingerprint density at radius 3 is 2.84 bits per heavy atom. The molecule has 25 heavy (non-hydrogen) atoms. The zero-order valence-corrected chi connectivity index (χ0v) is 15.1. The number of aliphatic hydroxyl groups is 1. The van der Waals surface area contributed by atoms with E-state index in [9.17, 15) is 9.90 Å². The molecule has 2 fully saturated rings. The predicted molar refractivity (Wildman–Crippen MR) is 97.1 cm³/mol. The molecule has 0 saturated carbocycles. The summed E-state index contributed by atoms with van der Waals surface area (Å²) in [6, 6.07) is 6.12. The molecule has 1 aromatic rings. The lowest BCUT2D eigenvalue weighted by atomic mass is 10.1. The largest absolute Gasteiger partial charge is 0.388 e. The van der Waals surface area contributed by atoms with Gasteiger partial charge in [0.25, 0.3) is 0 Å². The minimum atomic E-state index is -0.718. The van der Waals surface area contributed by atoms with Gasteiger partial charge in [0.1, 0.15) is 6.10 Å². The molecular formula is C17H25ClN4O3. The molecule has 0 spiro atoms. The number of nitrogens with zero attached hydrogens (tertiary/aromatic N) is 2. The predicted octanol–water partition coefficient (Wildman–Crippen LogP) is 0.837. The molecular weight excluding hydrogens is 344 g/mol. The second-order valence-electron chi connectivity index (χ2n) is 6.68. The summed E-state index contributed by atoms with van der Waals surface area (Å²) in [5, 5.41) is 16.5. The van der Waals surface area contributed by atoms with Crippen molar-refractivity contribution in [2.45, 2.75) is 18.2 Å². The maximum absolute atomic E-state index is 12.1. The molecule has 2 heterocycles. The van der Waals surface area contributed by atoms with Crippen LogP contribution >= 0.6 is 11.6 Å². The zero-order chi connectivity index (χ0) is 17.8. The second-order valence-corrected chi connectivity index (χ2v) is 7.12. The van der Waals surface area contributed by atoms with Crippen molar-refractivity contribution in [3.05, 3.63) is 29.3 Å². The Morgan fingerprint density at radius 1 is 1.36 bits per heavy atom. The highest BCUT2D eigenvalue weighted by molar-refractivity contribution is 6.30. The Kier molecular flexibility index (Phi) is 6.14. The summed E-state index contributed by atoms with van der Waals surface area (Å²) in [6.45, 7) is 4.97. The van der Waals surface area contributed by atoms with Gasteiger partial charge >= 0.3 is 6.03 Å². The molecule has 8 heteroatoms. The molecule has 2 aliphatic rings. The lowest BCUT2D eigenvalue weighted by Gasteiger charge is -2.34. The van der Waals surface area contributed by atoms with Crippen molar-refractivity contribution < 1.29 is 14.6 Å². The summed E-state index contributed by atoms with van der Waals surface area (Å²) in [6.07, 6.45) is -0.996. The van der Waals surface area contributed by atoms with Crippen LogP contribution in [0, 0.1) is 0 Å². The van der Waals surface area contributed by atoms with E-state index in [4.69, 9.17) is 16.3 Å². The zero-order valence-electron chi connectivity index (χ0n) is 14.3. The Morgan fingerprint density at radius 2 is 2.12 bits per heavy atom. The molecule has 0 radical (unpaired) electrons. The number of hydrogen-bond acceptors (Lipinski definition) is 5. The van der Waals surface area contributed by atoms with E-state index in [0.29, 0.717) is 23.9 Å². The number of carbonyl (C=O) groups excluding carboxylic acids is 1. The average Bonchev–Trinajstić information content (AvgIpc) is 2.90. The Balaban J connectivity index is 1.46. The monoisotopic (exact) mass is 368 g/mol. The maximum atomic E-state index is 12.1. The lowest BCUT2D eigenvalue weighted by Crippen LogP contribution is -2.51. The van der Waals surface area contributed by atoms with Gasteiger partial charge < -0.3 is 25.4 Å². The van der Waals surface area contributed by atoms with Crippen molar-refractivity contribution in [2.75, 3.05) is 51.7 Å². The molecule has 7 nitrogen and oxygen atoms in total. The van der Waals surface area contributed by atoms with Crippen LogP contribution in [0.2, 0.25) is 5.02 Å². The molecule has 1 aromatic carbocycles. The number of amides is 2. The first-order valence-electron chi connectivity index (χ1n) is 8.55. The number of likely N-dealkylation sites (N-methyl/N-ethyl adjacent to an activating group) is 1. The highest BCUT2D eigenvalue weighted by Gasteiger charge is 2.38. The van der Waals surface area contributed by atoms with E-state index >= 15 is 0 Å². The SMILES string of the molecule is CN1CCN(C[C@@H]2OC[C@H](NC(=O)Nc3cccc(Cl)c3)[C@H]2O)CC1. The molecule has 3 N–H and O–H groups in total. The number of hydrogen-bond donors (Lipinski definition) is 3. The molecule has 0 aromatic heterocycles. The number of nitrogens with one attached hydrogen (secondary N) is 2. The molecule has 0 aliphatic carbocycles. The van der Waals surface area contributed by atoms with Gasteiger partial charge in [0.05, 0.1) is 18.8 Å². The molecule has 0 unspecified atom stereocenters. The Bertz CT molecular complexity index is 595. The van der Waals surface area contributed by atoms with Gasteiger partial charge in [-0.3, -0.25) is 4.90 Å². The first-order valence-corrected chi connectivity index (χ1v) is 8.93. The van der Waals surface area contributed by atoms with Gasteiger partial charge in [-0.05, 0) is 25.2 Å². The third-order valence-corrected chi connectivity index (χ3v) is 4.95. The summed E-state index contributed by atoms with van der Waals surface area (Å²) < 4.78 is 5.71. The highest BCUT2D eigenvalue weighted by atomic mass is 35.5. The number of anilines is 1. The van der Waals surface area contributed by atoms with Crippen molar-refractivity contribution in [3.8, 4) is 0 Å². The van der Waals surface area contributed by atoms with E-state index in [1.807, 2.05) is 0 Å². The molecule has 3 rings (SSSR count). The third kappa shape index (κ3) is 5.05. The Labute approximate surface area is 152 Å². The topological polar surface area (TPSA) is 77.1 Å². The normalized spacial score (nSPS) is 28.0. The standard InChI is InChI=1S/C17H25ClN4O3/c1-21-5-7-22(8-6-21)10-15-16(23)14(11-25-15)20-17(24)19-13-4-2-3-12(18)9-13/h2-4,9,14-16,23H,5-8,10-11H2,1H3,(H2,19,20,24)/t14-,15-,16+/m0/s1. The lowest BCUT2D eigenvalue weighted by molar-refractivity contribution is 0.00623. The third-order valence-electron chi connectivity index (χ3n) is 4.72. The van der Waals surface area contributed by atoms with Crippen molar-refractivity contribution in [1.82, 2.24) is 15.1 Å². The van der Waals surface area contributed by atoms with E-state index in [1.165, 1.54) is 0 Å². The summed E-state index contributed by atoms with van der Waals surface area (Å²) in [4.78, 5) is 16.7. The van der Waals surface area contributed by atoms with E-state index in [1.54, 1.807) is 24.3 Å². The molecule has 2 saturated heterocycles. The minimum absolute atomic E-state index is 0.278. The van der Waals surface area contributed by atoms with Gasteiger partial charge in [0, 0.05) is 43.4 Å². The minimum Gasteiger partial charge on any atom is -0.388 e. The summed E-state index contributed by atoms with van der Waals surface area (Å²) in [5.41, 5.74) is 0.604. The highest BCUT2D eigenvalue weighted by Crippen LogP contribution is 2.18. The number of carbonyl (C=O) groups is 1. The average molecular weight is 369 g/mol. The molecule has 2 aliphatic heterocycles. The second kappa shape index (κ2) is 8.33. The molecule has 0 bridgehead atoms. The fourth-order valence-electron chi connectivity index (χ4n) is 3.16.